The lowest BCUT2D eigenvalue weighted by molar-refractivity contribution is 1.02. The molecule has 0 N–H and O–H groups in total. The number of fused-ring (bicyclic) bond motifs is 6. The molecule has 11 aromatic rings. The van der Waals surface area contributed by atoms with Gasteiger partial charge in [-0.15, -0.1) is 0 Å². The lowest BCUT2D eigenvalue weighted by atomic mass is 9.95. The first kappa shape index (κ1) is 32.7. The third-order valence-electron chi connectivity index (χ3n) is 11.2. The van der Waals surface area contributed by atoms with Crippen molar-refractivity contribution in [2.45, 2.75) is 0 Å². The number of para-hydroxylation sites is 4. The van der Waals surface area contributed by atoms with Crippen molar-refractivity contribution in [3.8, 4) is 50.6 Å². The molecule has 0 aliphatic rings. The monoisotopic (exact) mass is 729 g/mol. The number of aromatic nitrogens is 3. The highest BCUT2D eigenvalue weighted by Crippen LogP contribution is 2.44. The van der Waals surface area contributed by atoms with Crippen molar-refractivity contribution < 1.29 is 0 Å². The van der Waals surface area contributed by atoms with Crippen LogP contribution in [-0.2, 0) is 0 Å². The fourth-order valence-electron chi connectivity index (χ4n) is 8.79. The van der Waals surface area contributed by atoms with E-state index in [1.807, 2.05) is 65.2 Å². The summed E-state index contributed by atoms with van der Waals surface area (Å²) in [4.78, 5) is 15.6. The van der Waals surface area contributed by atoms with Gasteiger partial charge in [-0.3, -0.25) is 9.36 Å². The van der Waals surface area contributed by atoms with Crippen molar-refractivity contribution in [3.05, 3.63) is 223 Å². The van der Waals surface area contributed by atoms with E-state index in [1.165, 1.54) is 16.3 Å². The average molecular weight is 730 g/mol. The van der Waals surface area contributed by atoms with Crippen LogP contribution in [-0.4, -0.2) is 13.7 Å². The molecule has 0 saturated heterocycles. The summed E-state index contributed by atoms with van der Waals surface area (Å²) < 4.78 is 6.55. The maximum atomic E-state index is 15.6. The van der Waals surface area contributed by atoms with Gasteiger partial charge in [-0.2, -0.15) is 0 Å². The van der Waals surface area contributed by atoms with E-state index >= 15 is 4.79 Å². The Hall–Kier alpha value is -7.69. The Balaban J connectivity index is 1.27. The minimum atomic E-state index is -0.0621. The van der Waals surface area contributed by atoms with Gasteiger partial charge < -0.3 is 9.13 Å². The van der Waals surface area contributed by atoms with E-state index in [-0.39, 0.29) is 5.56 Å². The number of hydrogen-bond donors (Lipinski definition) is 0. The zero-order valence-electron chi connectivity index (χ0n) is 31.0. The van der Waals surface area contributed by atoms with Gasteiger partial charge in [-0.05, 0) is 89.0 Å². The molecule has 11 rings (SSSR count). The fourth-order valence-corrected chi connectivity index (χ4v) is 8.79. The number of hydrogen-bond acceptors (Lipinski definition) is 1. The van der Waals surface area contributed by atoms with Gasteiger partial charge in [0.1, 0.15) is 0 Å². The molecule has 0 fully saturated rings. The van der Waals surface area contributed by atoms with Crippen LogP contribution in [0.4, 0.5) is 0 Å². The smallest absolute Gasteiger partial charge is 0.265 e. The summed E-state index contributed by atoms with van der Waals surface area (Å²) in [6, 6.07) is 73.8. The molecule has 3 heterocycles. The van der Waals surface area contributed by atoms with Crippen LogP contribution < -0.4 is 5.56 Å². The third kappa shape index (κ3) is 5.19. The Labute approximate surface area is 329 Å². The van der Waals surface area contributed by atoms with Gasteiger partial charge in [0.2, 0.25) is 0 Å². The fraction of sp³-hybridized carbons (Fsp3) is 0. The van der Waals surface area contributed by atoms with Crippen LogP contribution in [0.1, 0.15) is 0 Å². The number of benzene rings is 8. The molecule has 0 unspecified atom stereocenters. The molecule has 8 aromatic carbocycles. The van der Waals surface area contributed by atoms with E-state index < -0.39 is 0 Å². The molecule has 0 spiro atoms. The minimum absolute atomic E-state index is 0.0621. The highest BCUT2D eigenvalue weighted by atomic mass is 16.1. The molecule has 4 nitrogen and oxygen atoms in total. The second-order valence-corrected chi connectivity index (χ2v) is 14.5. The van der Waals surface area contributed by atoms with E-state index in [0.29, 0.717) is 5.39 Å². The zero-order valence-corrected chi connectivity index (χ0v) is 31.0. The summed E-state index contributed by atoms with van der Waals surface area (Å²) in [5.41, 5.74) is 13.0. The van der Waals surface area contributed by atoms with Crippen LogP contribution in [0.3, 0.4) is 0 Å². The molecule has 57 heavy (non-hydrogen) atoms. The predicted molar refractivity (Wildman–Crippen MR) is 237 cm³/mol. The highest BCUT2D eigenvalue weighted by molar-refractivity contribution is 6.17. The predicted octanol–water partition coefficient (Wildman–Crippen LogP) is 13.0. The molecule has 0 bridgehead atoms. The number of pyridine rings is 1. The maximum Gasteiger partial charge on any atom is 0.265 e. The first-order valence-electron chi connectivity index (χ1n) is 19.3. The van der Waals surface area contributed by atoms with Crippen molar-refractivity contribution in [1.82, 2.24) is 13.7 Å². The lowest BCUT2D eigenvalue weighted by Gasteiger charge is -2.21. The first-order valence-corrected chi connectivity index (χ1v) is 19.3. The standard InChI is InChI=1S/C53H35N3O/c57-53-50-45-35-39(38-30-32-47-44(34-38)43-28-16-17-29-46(43)54(47)40-22-10-3-11-23-40)31-33-48(45)55(41-24-12-4-13-25-41)52(50)49(36-18-6-1-7-19-36)51(37-20-8-2-9-21-37)56(53)42-26-14-5-15-27-42/h1-35H. The SMILES string of the molecule is O=c1c2c3cc(-c4ccc5c(c4)c4ccccc4n5-c4ccccc4)ccc3n(-c3ccccc3)c2c(-c2ccccc2)c(-c2ccccc2)n1-c1ccccc1. The van der Waals surface area contributed by atoms with Crippen LogP contribution >= 0.6 is 0 Å². The number of nitrogens with zero attached hydrogens (tertiary/aromatic N) is 3. The van der Waals surface area contributed by atoms with Gasteiger partial charge in [-0.25, -0.2) is 0 Å². The Morgan fingerprint density at radius 2 is 0.754 bits per heavy atom. The lowest BCUT2D eigenvalue weighted by Crippen LogP contribution is -2.21. The second-order valence-electron chi connectivity index (χ2n) is 14.5. The highest BCUT2D eigenvalue weighted by Gasteiger charge is 2.27. The first-order chi connectivity index (χ1) is 28.2. The van der Waals surface area contributed by atoms with E-state index in [1.54, 1.807) is 0 Å². The normalized spacial score (nSPS) is 11.6. The molecular weight excluding hydrogens is 695 g/mol. The van der Waals surface area contributed by atoms with E-state index in [9.17, 15) is 0 Å². The summed E-state index contributed by atoms with van der Waals surface area (Å²) >= 11 is 0. The molecule has 0 saturated carbocycles. The Morgan fingerprint density at radius 3 is 1.35 bits per heavy atom. The summed E-state index contributed by atoms with van der Waals surface area (Å²) in [7, 11) is 0. The van der Waals surface area contributed by atoms with Crippen molar-refractivity contribution in [2.24, 2.45) is 0 Å². The van der Waals surface area contributed by atoms with E-state index in [2.05, 4.69) is 161 Å². The summed E-state index contributed by atoms with van der Waals surface area (Å²) in [5, 5.41) is 3.97. The Bertz CT molecular complexity index is 3330. The molecule has 0 aliphatic carbocycles. The van der Waals surface area contributed by atoms with Gasteiger partial charge in [0, 0.05) is 38.8 Å². The van der Waals surface area contributed by atoms with Crippen LogP contribution in [0, 0.1) is 0 Å². The average Bonchev–Trinajstić information content (AvgIpc) is 3.80. The van der Waals surface area contributed by atoms with E-state index in [4.69, 9.17) is 0 Å². The molecule has 0 radical (unpaired) electrons. The quantitative estimate of drug-likeness (QED) is 0.168. The van der Waals surface area contributed by atoms with Crippen molar-refractivity contribution >= 4 is 43.6 Å². The number of rotatable bonds is 6. The summed E-state index contributed by atoms with van der Waals surface area (Å²) in [6.45, 7) is 0. The second kappa shape index (κ2) is 13.3. The van der Waals surface area contributed by atoms with Crippen molar-refractivity contribution in [3.63, 3.8) is 0 Å². The Morgan fingerprint density at radius 1 is 0.316 bits per heavy atom. The van der Waals surface area contributed by atoms with Gasteiger partial charge in [0.15, 0.2) is 0 Å². The van der Waals surface area contributed by atoms with Gasteiger partial charge >= 0.3 is 0 Å². The molecule has 0 amide bonds. The van der Waals surface area contributed by atoms with Crippen molar-refractivity contribution in [2.75, 3.05) is 0 Å². The molecule has 268 valence electrons. The summed E-state index contributed by atoms with van der Waals surface area (Å²) in [6.07, 6.45) is 0. The zero-order chi connectivity index (χ0) is 37.9. The van der Waals surface area contributed by atoms with Crippen molar-refractivity contribution in [1.29, 1.82) is 0 Å². The maximum absolute atomic E-state index is 15.6. The van der Waals surface area contributed by atoms with Crippen LogP contribution in [0.2, 0.25) is 0 Å². The van der Waals surface area contributed by atoms with Crippen LogP contribution in [0.15, 0.2) is 217 Å². The van der Waals surface area contributed by atoms with E-state index in [0.717, 1.165) is 72.5 Å². The largest absolute Gasteiger partial charge is 0.309 e. The molecule has 3 aromatic heterocycles. The van der Waals surface area contributed by atoms with Gasteiger partial charge in [-0.1, -0.05) is 146 Å². The molecule has 0 atom stereocenters. The summed E-state index contributed by atoms with van der Waals surface area (Å²) in [5.74, 6) is 0. The van der Waals surface area contributed by atoms with Crippen LogP contribution in [0.5, 0.6) is 0 Å². The Kier molecular flexibility index (Phi) is 7.61. The van der Waals surface area contributed by atoms with Gasteiger partial charge in [0.25, 0.3) is 5.56 Å². The van der Waals surface area contributed by atoms with Gasteiger partial charge in [0.05, 0.1) is 33.1 Å². The molecular formula is C53H35N3O. The minimum Gasteiger partial charge on any atom is -0.309 e. The molecule has 0 aliphatic heterocycles. The van der Waals surface area contributed by atoms with Crippen LogP contribution in [0.25, 0.3) is 94.2 Å². The topological polar surface area (TPSA) is 31.9 Å². The third-order valence-corrected chi connectivity index (χ3v) is 11.2. The molecule has 4 heteroatoms.